The maximum Gasteiger partial charge on any atom is 0.244 e. The van der Waals surface area contributed by atoms with Crippen LogP contribution in [0, 0.1) is 0 Å². The van der Waals surface area contributed by atoms with Crippen LogP contribution in [-0.2, 0) is 29.5 Å². The van der Waals surface area contributed by atoms with Crippen molar-refractivity contribution in [2.24, 2.45) is 7.05 Å². The molecular weight excluding hydrogens is 496 g/mol. The third-order valence-electron chi connectivity index (χ3n) is 6.98. The molecule has 0 saturated carbocycles. The highest BCUT2D eigenvalue weighted by molar-refractivity contribution is 5.87. The first-order valence-corrected chi connectivity index (χ1v) is 12.9. The molecule has 0 spiro atoms. The van der Waals surface area contributed by atoms with Crippen molar-refractivity contribution >= 4 is 17.6 Å². The number of carbonyl (C=O) groups excluding carboxylic acids is 2. The number of aromatic nitrogens is 5. The first-order chi connectivity index (χ1) is 19.0. The minimum absolute atomic E-state index is 0.0248. The van der Waals surface area contributed by atoms with Crippen molar-refractivity contribution in [3.05, 3.63) is 85.0 Å². The van der Waals surface area contributed by atoms with Crippen molar-refractivity contribution < 1.29 is 14.3 Å². The number of aryl methyl sites for hydroxylation is 1. The molecule has 5 rings (SSSR count). The Morgan fingerprint density at radius 1 is 1.08 bits per heavy atom. The highest BCUT2D eigenvalue weighted by Gasteiger charge is 2.35. The van der Waals surface area contributed by atoms with Crippen LogP contribution >= 0.6 is 0 Å². The lowest BCUT2D eigenvalue weighted by Gasteiger charge is -2.41. The summed E-state index contributed by atoms with van der Waals surface area (Å²) in [6.45, 7) is 1.69. The Balaban J connectivity index is 1.32. The molecule has 0 radical (unpaired) electrons. The molecule has 1 unspecified atom stereocenters. The maximum atomic E-state index is 13.5. The number of hydrogen-bond donors (Lipinski definition) is 1. The number of nitrogens with zero attached hydrogens (tertiary/aromatic N) is 7. The molecule has 1 aliphatic heterocycles. The summed E-state index contributed by atoms with van der Waals surface area (Å²) in [5.74, 6) is 1.85. The molecule has 1 aromatic carbocycles. The lowest BCUT2D eigenvalue weighted by molar-refractivity contribution is -0.132. The topological polar surface area (TPSA) is 110 Å². The van der Waals surface area contributed by atoms with Gasteiger partial charge in [-0.1, -0.05) is 12.1 Å². The molecule has 4 heterocycles. The highest BCUT2D eigenvalue weighted by atomic mass is 16.5. The molecule has 4 aromatic rings. The minimum atomic E-state index is -0.600. The van der Waals surface area contributed by atoms with Crippen LogP contribution in [0.5, 0.6) is 5.75 Å². The Bertz CT molecular complexity index is 1400. The summed E-state index contributed by atoms with van der Waals surface area (Å²) in [6, 6.07) is 12.7. The highest BCUT2D eigenvalue weighted by Crippen LogP contribution is 2.21. The Kier molecular flexibility index (Phi) is 7.86. The van der Waals surface area contributed by atoms with Gasteiger partial charge in [-0.3, -0.25) is 14.2 Å². The van der Waals surface area contributed by atoms with Gasteiger partial charge < -0.3 is 24.4 Å². The van der Waals surface area contributed by atoms with E-state index in [2.05, 4.69) is 20.3 Å². The van der Waals surface area contributed by atoms with Crippen LogP contribution in [0.1, 0.15) is 11.3 Å². The monoisotopic (exact) mass is 528 g/mol. The standard InChI is InChI=1S/C28H32N8O3/c1-33-12-3-4-22(33)9-10-30-28(38)24-18-34(27(37)16-21-5-7-23(39-2)8-6-21)14-15-36(24)26-17-25(31-19-32-26)35-13-11-29-20-35/h3-8,11-13,17,19-20,24H,9-10,14-16,18H2,1-2H3,(H,30,38). The van der Waals surface area contributed by atoms with E-state index >= 15 is 0 Å². The molecule has 1 atom stereocenters. The molecule has 1 saturated heterocycles. The van der Waals surface area contributed by atoms with Crippen molar-refractivity contribution in [2.45, 2.75) is 18.9 Å². The van der Waals surface area contributed by atoms with E-state index in [-0.39, 0.29) is 24.8 Å². The maximum absolute atomic E-state index is 13.5. The van der Waals surface area contributed by atoms with E-state index in [9.17, 15) is 9.59 Å². The second kappa shape index (κ2) is 11.8. The third-order valence-corrected chi connectivity index (χ3v) is 6.98. The zero-order valence-electron chi connectivity index (χ0n) is 22.1. The second-order valence-electron chi connectivity index (χ2n) is 9.43. The van der Waals surface area contributed by atoms with E-state index in [0.29, 0.717) is 37.7 Å². The SMILES string of the molecule is COc1ccc(CC(=O)N2CCN(c3cc(-n4ccnc4)ncn3)C(C(=O)NCCc3cccn3C)C2)cc1. The van der Waals surface area contributed by atoms with E-state index in [4.69, 9.17) is 4.74 Å². The van der Waals surface area contributed by atoms with Gasteiger partial charge in [-0.2, -0.15) is 0 Å². The molecule has 0 aliphatic carbocycles. The number of hydrogen-bond acceptors (Lipinski definition) is 7. The smallest absolute Gasteiger partial charge is 0.244 e. The van der Waals surface area contributed by atoms with Crippen LogP contribution in [0.15, 0.2) is 73.7 Å². The average molecular weight is 529 g/mol. The molecule has 0 bridgehead atoms. The van der Waals surface area contributed by atoms with Crippen molar-refractivity contribution in [1.82, 2.24) is 34.3 Å². The molecule has 1 N–H and O–H groups in total. The molecule has 3 aromatic heterocycles. The van der Waals surface area contributed by atoms with Crippen LogP contribution in [0.2, 0.25) is 0 Å². The molecule has 11 heteroatoms. The van der Waals surface area contributed by atoms with Crippen molar-refractivity contribution in [1.29, 1.82) is 0 Å². The third kappa shape index (κ3) is 6.08. The van der Waals surface area contributed by atoms with E-state index in [1.54, 1.807) is 35.3 Å². The summed E-state index contributed by atoms with van der Waals surface area (Å²) in [7, 11) is 3.60. The zero-order chi connectivity index (χ0) is 27.2. The summed E-state index contributed by atoms with van der Waals surface area (Å²) in [4.78, 5) is 43.4. The number of nitrogens with one attached hydrogen (secondary N) is 1. The lowest BCUT2D eigenvalue weighted by atomic mass is 10.1. The molecule has 1 aliphatic rings. The van der Waals surface area contributed by atoms with Gasteiger partial charge in [0, 0.05) is 63.5 Å². The molecule has 11 nitrogen and oxygen atoms in total. The fourth-order valence-electron chi connectivity index (χ4n) is 4.76. The van der Waals surface area contributed by atoms with Gasteiger partial charge in [0.15, 0.2) is 0 Å². The second-order valence-corrected chi connectivity index (χ2v) is 9.43. The van der Waals surface area contributed by atoms with Crippen molar-refractivity contribution in [3.8, 4) is 11.6 Å². The Hall–Kier alpha value is -4.67. The summed E-state index contributed by atoms with van der Waals surface area (Å²) in [6.07, 6.45) is 9.57. The zero-order valence-corrected chi connectivity index (χ0v) is 22.1. The molecular formula is C28H32N8O3. The van der Waals surface area contributed by atoms with Gasteiger partial charge in [-0.25, -0.2) is 15.0 Å². The number of imidazole rings is 1. The minimum Gasteiger partial charge on any atom is -0.497 e. The average Bonchev–Trinajstić information content (AvgIpc) is 3.65. The molecule has 202 valence electrons. The Morgan fingerprint density at radius 3 is 2.62 bits per heavy atom. The predicted octanol–water partition coefficient (Wildman–Crippen LogP) is 1.63. The molecule has 2 amide bonds. The van der Waals surface area contributed by atoms with Gasteiger partial charge in [0.2, 0.25) is 11.8 Å². The van der Waals surface area contributed by atoms with Gasteiger partial charge in [0.05, 0.1) is 20.1 Å². The van der Waals surface area contributed by atoms with E-state index in [0.717, 1.165) is 17.0 Å². The van der Waals surface area contributed by atoms with E-state index in [1.165, 1.54) is 6.33 Å². The number of ether oxygens (including phenoxy) is 1. The van der Waals surface area contributed by atoms with E-state index in [1.807, 2.05) is 65.2 Å². The largest absolute Gasteiger partial charge is 0.497 e. The lowest BCUT2D eigenvalue weighted by Crippen LogP contribution is -2.61. The normalized spacial score (nSPS) is 15.3. The fourth-order valence-corrected chi connectivity index (χ4v) is 4.76. The number of rotatable bonds is 9. The first kappa shape index (κ1) is 26.0. The van der Waals surface area contributed by atoms with Gasteiger partial charge in [0.25, 0.3) is 0 Å². The number of piperazine rings is 1. The van der Waals surface area contributed by atoms with Crippen molar-refractivity contribution in [2.75, 3.05) is 38.2 Å². The quantitative estimate of drug-likeness (QED) is 0.352. The molecule has 1 fully saturated rings. The number of anilines is 1. The number of methoxy groups -OCH3 is 1. The summed E-state index contributed by atoms with van der Waals surface area (Å²) >= 11 is 0. The van der Waals surface area contributed by atoms with Crippen LogP contribution in [0.4, 0.5) is 5.82 Å². The van der Waals surface area contributed by atoms with E-state index < -0.39 is 6.04 Å². The summed E-state index contributed by atoms with van der Waals surface area (Å²) in [5, 5.41) is 3.08. The van der Waals surface area contributed by atoms with Crippen LogP contribution in [0.3, 0.4) is 0 Å². The Labute approximate surface area is 227 Å². The predicted molar refractivity (Wildman–Crippen MR) is 146 cm³/mol. The van der Waals surface area contributed by atoms with Crippen molar-refractivity contribution in [3.63, 3.8) is 0 Å². The fraction of sp³-hybridized carbons (Fsp3) is 0.321. The summed E-state index contributed by atoms with van der Waals surface area (Å²) < 4.78 is 9.04. The summed E-state index contributed by atoms with van der Waals surface area (Å²) in [5.41, 5.74) is 2.03. The van der Waals surface area contributed by atoms with Crippen LogP contribution < -0.4 is 15.0 Å². The van der Waals surface area contributed by atoms with Gasteiger partial charge >= 0.3 is 0 Å². The number of benzene rings is 1. The molecule has 39 heavy (non-hydrogen) atoms. The number of amides is 2. The number of carbonyl (C=O) groups is 2. The first-order valence-electron chi connectivity index (χ1n) is 12.9. The van der Waals surface area contributed by atoms with Gasteiger partial charge in [-0.05, 0) is 29.8 Å². The van der Waals surface area contributed by atoms with Crippen LogP contribution in [-0.4, -0.2) is 80.1 Å². The Morgan fingerprint density at radius 2 is 1.90 bits per heavy atom. The van der Waals surface area contributed by atoms with Gasteiger partial charge in [0.1, 0.15) is 36.1 Å². The van der Waals surface area contributed by atoms with Gasteiger partial charge in [-0.15, -0.1) is 0 Å². The van der Waals surface area contributed by atoms with Crippen LogP contribution in [0.25, 0.3) is 5.82 Å².